The molecule has 0 spiro atoms. The molecule has 220 valence electrons. The van der Waals surface area contributed by atoms with Crippen LogP contribution in [0.25, 0.3) is 28.3 Å². The summed E-state index contributed by atoms with van der Waals surface area (Å²) in [6, 6.07) is 16.7. The summed E-state index contributed by atoms with van der Waals surface area (Å²) in [4.78, 5) is 24.8. The predicted molar refractivity (Wildman–Crippen MR) is 153 cm³/mol. The molecule has 1 amide bonds. The largest absolute Gasteiger partial charge is 1.00 e. The molecule has 2 aromatic heterocycles. The van der Waals surface area contributed by atoms with Crippen LogP contribution >= 0.6 is 0 Å². The number of nitrogens with one attached hydrogen (secondary N) is 1. The van der Waals surface area contributed by atoms with Crippen molar-refractivity contribution >= 4 is 18.0 Å². The molecule has 4 aromatic rings. The van der Waals surface area contributed by atoms with Crippen LogP contribution in [-0.4, -0.2) is 44.0 Å². The number of rotatable bonds is 12. The van der Waals surface area contributed by atoms with Crippen molar-refractivity contribution in [2.24, 2.45) is 0 Å². The minimum atomic E-state index is -1.42. The van der Waals surface area contributed by atoms with Crippen LogP contribution in [0.4, 0.5) is 4.39 Å². The van der Waals surface area contributed by atoms with Crippen LogP contribution in [0.3, 0.4) is 0 Å². The summed E-state index contributed by atoms with van der Waals surface area (Å²) >= 11 is 0. The summed E-state index contributed by atoms with van der Waals surface area (Å²) in [5.74, 6) is -1.60. The molecule has 0 bridgehead atoms. The first-order chi connectivity index (χ1) is 20.0. The number of aliphatic carboxylic acids is 1. The summed E-state index contributed by atoms with van der Waals surface area (Å²) in [6.07, 6.45) is -0.252. The van der Waals surface area contributed by atoms with Gasteiger partial charge in [0.2, 0.25) is 0 Å². The molecule has 4 rings (SSSR count). The maximum atomic E-state index is 14.0. The SMILES string of the molecule is Cc1cc(CNC(=O)c2c(-c3ccccc3)c(-c3ccc(F)cc3)c(C=C[C@@H](O)C[C@@H](O)CC(=O)[O-])n2C(C)C)no1.[Na+]. The molecule has 0 radical (unpaired) electrons. The van der Waals surface area contributed by atoms with E-state index < -0.39 is 30.4 Å². The van der Waals surface area contributed by atoms with Gasteiger partial charge in [-0.1, -0.05) is 53.7 Å². The Kier molecular flexibility index (Phi) is 12.1. The summed E-state index contributed by atoms with van der Waals surface area (Å²) < 4.78 is 21.0. The van der Waals surface area contributed by atoms with Crippen LogP contribution in [0.5, 0.6) is 0 Å². The number of amides is 1. The maximum Gasteiger partial charge on any atom is 1.00 e. The molecule has 0 aliphatic rings. The van der Waals surface area contributed by atoms with Gasteiger partial charge in [-0.05, 0) is 50.1 Å². The Labute approximate surface area is 271 Å². The summed E-state index contributed by atoms with van der Waals surface area (Å²) in [5, 5.41) is 38.4. The second-order valence-electron chi connectivity index (χ2n) is 10.3. The normalized spacial score (nSPS) is 12.7. The van der Waals surface area contributed by atoms with Gasteiger partial charge in [-0.25, -0.2) is 4.39 Å². The van der Waals surface area contributed by atoms with Crippen LogP contribution in [0, 0.1) is 12.7 Å². The van der Waals surface area contributed by atoms with Crippen LogP contribution in [0.15, 0.2) is 71.3 Å². The predicted octanol–water partition coefficient (Wildman–Crippen LogP) is 1.04. The summed E-state index contributed by atoms with van der Waals surface area (Å²) in [7, 11) is 0. The number of aliphatic hydroxyl groups is 2. The van der Waals surface area contributed by atoms with E-state index in [4.69, 9.17) is 4.52 Å². The number of nitrogens with zero attached hydrogens (tertiary/aromatic N) is 2. The van der Waals surface area contributed by atoms with Gasteiger partial charge in [-0.3, -0.25) is 4.79 Å². The van der Waals surface area contributed by atoms with Crippen molar-refractivity contribution in [2.75, 3.05) is 0 Å². The van der Waals surface area contributed by atoms with Gasteiger partial charge in [0.05, 0.1) is 18.8 Å². The van der Waals surface area contributed by atoms with Crippen molar-refractivity contribution in [1.82, 2.24) is 15.0 Å². The van der Waals surface area contributed by atoms with E-state index in [2.05, 4.69) is 10.5 Å². The van der Waals surface area contributed by atoms with E-state index in [1.54, 1.807) is 31.2 Å². The smallest absolute Gasteiger partial charge is 0.550 e. The van der Waals surface area contributed by atoms with E-state index in [9.17, 15) is 29.3 Å². The van der Waals surface area contributed by atoms with Crippen molar-refractivity contribution in [3.05, 3.63) is 95.4 Å². The molecule has 43 heavy (non-hydrogen) atoms. The molecule has 2 aromatic carbocycles. The van der Waals surface area contributed by atoms with Crippen molar-refractivity contribution in [1.29, 1.82) is 0 Å². The van der Waals surface area contributed by atoms with Gasteiger partial charge in [0, 0.05) is 47.7 Å². The number of carbonyl (C=O) groups is 2. The van der Waals surface area contributed by atoms with Crippen molar-refractivity contribution in [3.8, 4) is 22.3 Å². The van der Waals surface area contributed by atoms with Gasteiger partial charge in [0.25, 0.3) is 5.91 Å². The van der Waals surface area contributed by atoms with Gasteiger partial charge in [-0.2, -0.15) is 0 Å². The van der Waals surface area contributed by atoms with Gasteiger partial charge in [0.1, 0.15) is 23.0 Å². The molecule has 3 N–H and O–H groups in total. The summed E-state index contributed by atoms with van der Waals surface area (Å²) in [5.41, 5.74) is 4.10. The number of hydrogen-bond acceptors (Lipinski definition) is 7. The second-order valence-corrected chi connectivity index (χ2v) is 10.3. The minimum Gasteiger partial charge on any atom is -0.550 e. The quantitative estimate of drug-likeness (QED) is 0.207. The van der Waals surface area contributed by atoms with Crippen LogP contribution in [-0.2, 0) is 11.3 Å². The second kappa shape index (κ2) is 15.3. The molecule has 0 fully saturated rings. The Morgan fingerprint density at radius 3 is 2.30 bits per heavy atom. The van der Waals surface area contributed by atoms with Gasteiger partial charge in [-0.15, -0.1) is 0 Å². The third kappa shape index (κ3) is 8.52. The zero-order valence-electron chi connectivity index (χ0n) is 24.6. The third-order valence-corrected chi connectivity index (χ3v) is 6.67. The molecular weight excluding hydrogens is 564 g/mol. The van der Waals surface area contributed by atoms with Crippen molar-refractivity contribution in [3.63, 3.8) is 0 Å². The van der Waals surface area contributed by atoms with E-state index >= 15 is 0 Å². The molecule has 9 nitrogen and oxygen atoms in total. The number of carboxylic acids is 1. The fourth-order valence-electron chi connectivity index (χ4n) is 4.92. The minimum absolute atomic E-state index is 0. The van der Waals surface area contributed by atoms with Gasteiger partial charge < -0.3 is 34.5 Å². The molecule has 0 aliphatic heterocycles. The van der Waals surface area contributed by atoms with E-state index in [1.165, 1.54) is 18.2 Å². The number of halogens is 1. The molecule has 0 saturated carbocycles. The van der Waals surface area contributed by atoms with E-state index in [1.807, 2.05) is 48.7 Å². The topological polar surface area (TPSA) is 141 Å². The molecule has 2 atom stereocenters. The Morgan fingerprint density at radius 2 is 1.72 bits per heavy atom. The Bertz CT molecular complexity index is 1560. The van der Waals surface area contributed by atoms with Crippen LogP contribution in [0.1, 0.15) is 60.4 Å². The number of hydrogen-bond donors (Lipinski definition) is 3. The number of aryl methyl sites for hydroxylation is 1. The summed E-state index contributed by atoms with van der Waals surface area (Å²) in [6.45, 7) is 5.71. The zero-order chi connectivity index (χ0) is 30.4. The van der Waals surface area contributed by atoms with Gasteiger partial charge >= 0.3 is 29.6 Å². The number of carboxylic acid groups (broad SMARTS) is 1. The first kappa shape index (κ1) is 34.0. The Balaban J connectivity index is 0.00000506. The Hall–Kier alpha value is -3.54. The Morgan fingerprint density at radius 1 is 1.07 bits per heavy atom. The first-order valence-electron chi connectivity index (χ1n) is 13.6. The van der Waals surface area contributed by atoms with Gasteiger partial charge in [0.15, 0.2) is 0 Å². The molecule has 0 aliphatic carbocycles. The average Bonchev–Trinajstić information content (AvgIpc) is 3.52. The standard InChI is InChI=1S/C32H34FN3O6.Na/c1-19(2)36-27(14-13-25(37)16-26(38)17-28(39)40)29(22-9-11-23(33)12-10-22)30(21-7-5-4-6-8-21)31(36)32(41)34-18-24-15-20(3)42-35-24;/h4-15,19,25-26,37-38H,16-18H2,1-3H3,(H,34,41)(H,39,40);/q;+1/p-1/t25-,26-;/m1./s1. The molecular formula is C32H33FN3NaO6. The number of carbonyl (C=O) groups excluding carboxylic acids is 2. The first-order valence-corrected chi connectivity index (χ1v) is 13.6. The molecule has 0 saturated heterocycles. The fraction of sp³-hybridized carbons (Fsp3) is 0.281. The maximum absolute atomic E-state index is 14.0. The van der Waals surface area contributed by atoms with Crippen LogP contribution in [0.2, 0.25) is 0 Å². The average molecular weight is 598 g/mol. The van der Waals surface area contributed by atoms with E-state index in [0.29, 0.717) is 39.5 Å². The third-order valence-electron chi connectivity index (χ3n) is 6.67. The number of benzene rings is 2. The molecule has 0 unspecified atom stereocenters. The number of aromatic nitrogens is 2. The molecule has 11 heteroatoms. The van der Waals surface area contributed by atoms with Crippen LogP contribution < -0.4 is 40.0 Å². The van der Waals surface area contributed by atoms with E-state index in [0.717, 1.165) is 5.56 Å². The monoisotopic (exact) mass is 597 g/mol. The molecule has 2 heterocycles. The fourth-order valence-corrected chi connectivity index (χ4v) is 4.92. The van der Waals surface area contributed by atoms with Crippen molar-refractivity contribution < 1.29 is 63.4 Å². The van der Waals surface area contributed by atoms with Crippen molar-refractivity contribution in [2.45, 2.75) is 58.4 Å². The number of aliphatic hydroxyl groups excluding tert-OH is 2. The van der Waals surface area contributed by atoms with E-state index in [-0.39, 0.29) is 54.5 Å². The zero-order valence-corrected chi connectivity index (χ0v) is 26.6.